The zero-order valence-electron chi connectivity index (χ0n) is 11.2. The Bertz CT molecular complexity index is 447. The molecule has 0 amide bonds. The van der Waals surface area contributed by atoms with Crippen LogP contribution in [0.25, 0.3) is 0 Å². The van der Waals surface area contributed by atoms with Crippen LogP contribution in [0.4, 0.5) is 0 Å². The minimum Gasteiger partial charge on any atom is -0.469 e. The molecule has 0 bridgehead atoms. The molecule has 3 nitrogen and oxygen atoms in total. The summed E-state index contributed by atoms with van der Waals surface area (Å²) in [5.74, 6) is -0.177. The van der Waals surface area contributed by atoms with Crippen LogP contribution in [0.15, 0.2) is 30.5 Å². The molecule has 0 unspecified atom stereocenters. The summed E-state index contributed by atoms with van der Waals surface area (Å²) >= 11 is 0. The maximum absolute atomic E-state index is 11.2. The van der Waals surface area contributed by atoms with E-state index in [0.29, 0.717) is 6.42 Å². The highest BCUT2D eigenvalue weighted by atomic mass is 16.5. The van der Waals surface area contributed by atoms with Gasteiger partial charge in [-0.2, -0.15) is 0 Å². The third kappa shape index (κ3) is 2.35. The van der Waals surface area contributed by atoms with E-state index in [0.717, 1.165) is 19.4 Å². The van der Waals surface area contributed by atoms with Crippen molar-refractivity contribution in [2.75, 3.05) is 7.11 Å². The third-order valence-electron chi connectivity index (χ3n) is 3.94. The van der Waals surface area contributed by atoms with E-state index in [4.69, 9.17) is 0 Å². The number of aryl methyl sites for hydroxylation is 1. The van der Waals surface area contributed by atoms with E-state index in [9.17, 15) is 4.79 Å². The second-order valence-corrected chi connectivity index (χ2v) is 4.88. The predicted molar refractivity (Wildman–Crippen MR) is 71.4 cm³/mol. The molecule has 0 aliphatic carbocycles. The van der Waals surface area contributed by atoms with Gasteiger partial charge >= 0.3 is 5.97 Å². The normalized spacial score (nSPS) is 23.0. The molecule has 2 rings (SSSR count). The second-order valence-electron chi connectivity index (χ2n) is 4.88. The van der Waals surface area contributed by atoms with Crippen molar-refractivity contribution >= 4 is 5.97 Å². The van der Waals surface area contributed by atoms with Gasteiger partial charge in [0.05, 0.1) is 13.5 Å². The molecule has 1 aromatic rings. The number of carbonyl (C=O) groups is 1. The number of methoxy groups -OCH3 is 1. The molecule has 1 aliphatic rings. The molecule has 0 N–H and O–H groups in total. The molecule has 0 saturated heterocycles. The fourth-order valence-corrected chi connectivity index (χ4v) is 2.86. The van der Waals surface area contributed by atoms with Crippen molar-refractivity contribution < 1.29 is 9.53 Å². The summed E-state index contributed by atoms with van der Waals surface area (Å²) in [6.45, 7) is 3.32. The number of ether oxygens (including phenoxy) is 1. The molecular formula is C15H21NO2. The van der Waals surface area contributed by atoms with Crippen LogP contribution >= 0.6 is 0 Å². The minimum absolute atomic E-state index is 0.0930. The summed E-state index contributed by atoms with van der Waals surface area (Å²) in [7, 11) is 1.43. The van der Waals surface area contributed by atoms with E-state index in [-0.39, 0.29) is 11.4 Å². The average Bonchev–Trinajstić information content (AvgIpc) is 2.88. The third-order valence-corrected chi connectivity index (χ3v) is 3.94. The predicted octanol–water partition coefficient (Wildman–Crippen LogP) is 3.05. The van der Waals surface area contributed by atoms with Crippen LogP contribution < -0.4 is 0 Å². The lowest BCUT2D eigenvalue weighted by molar-refractivity contribution is -0.139. The lowest BCUT2D eigenvalue weighted by Crippen LogP contribution is -2.30. The van der Waals surface area contributed by atoms with Gasteiger partial charge in [0, 0.05) is 23.9 Å². The largest absolute Gasteiger partial charge is 0.469 e. The van der Waals surface area contributed by atoms with E-state index >= 15 is 0 Å². The van der Waals surface area contributed by atoms with E-state index in [1.54, 1.807) is 0 Å². The van der Waals surface area contributed by atoms with Gasteiger partial charge < -0.3 is 9.30 Å². The van der Waals surface area contributed by atoms with Crippen molar-refractivity contribution in [1.29, 1.82) is 0 Å². The van der Waals surface area contributed by atoms with Gasteiger partial charge in [0.2, 0.25) is 0 Å². The van der Waals surface area contributed by atoms with Crippen LogP contribution in [0.5, 0.6) is 0 Å². The van der Waals surface area contributed by atoms with Crippen LogP contribution in [0.2, 0.25) is 0 Å². The Morgan fingerprint density at radius 2 is 2.44 bits per heavy atom. The molecule has 0 saturated carbocycles. The molecule has 18 heavy (non-hydrogen) atoms. The van der Waals surface area contributed by atoms with Gasteiger partial charge in [0.25, 0.3) is 0 Å². The topological polar surface area (TPSA) is 31.2 Å². The minimum atomic E-state index is -0.177. The number of aromatic nitrogens is 1. The van der Waals surface area contributed by atoms with Gasteiger partial charge in [-0.1, -0.05) is 19.1 Å². The van der Waals surface area contributed by atoms with Crippen LogP contribution in [0, 0.1) is 0 Å². The second kappa shape index (κ2) is 5.42. The molecule has 0 spiro atoms. The highest BCUT2D eigenvalue weighted by Gasteiger charge is 2.32. The number of allylic oxidation sites excluding steroid dienone is 1. The van der Waals surface area contributed by atoms with Gasteiger partial charge in [0.15, 0.2) is 0 Å². The number of fused-ring (bicyclic) bond motifs is 1. The fraction of sp³-hybridized carbons (Fsp3) is 0.533. The molecular weight excluding hydrogens is 226 g/mol. The molecule has 2 heterocycles. The number of nitrogens with zero attached hydrogens (tertiary/aromatic N) is 1. The highest BCUT2D eigenvalue weighted by molar-refractivity contribution is 5.70. The summed E-state index contributed by atoms with van der Waals surface area (Å²) in [6, 6.07) is 4.31. The zero-order valence-corrected chi connectivity index (χ0v) is 11.2. The van der Waals surface area contributed by atoms with Crippen molar-refractivity contribution in [3.05, 3.63) is 36.2 Å². The summed E-state index contributed by atoms with van der Waals surface area (Å²) in [5, 5.41) is 0. The van der Waals surface area contributed by atoms with Crippen molar-refractivity contribution in [2.24, 2.45) is 0 Å². The van der Waals surface area contributed by atoms with Gasteiger partial charge in [-0.25, -0.2) is 0 Å². The van der Waals surface area contributed by atoms with Crippen molar-refractivity contribution in [2.45, 2.75) is 44.6 Å². The van der Waals surface area contributed by atoms with Gasteiger partial charge in [-0.3, -0.25) is 4.79 Å². The summed E-state index contributed by atoms with van der Waals surface area (Å²) in [4.78, 5) is 11.2. The molecule has 0 radical (unpaired) electrons. The number of esters is 1. The standard InChI is InChI=1S/C15H21NO2/c1-3-15(9-4-8-14(17)18-2)10-6-12-16-11-5-7-13(15)16/h4-5,7,9,11H,3,6,8,10,12H2,1-2H3/b9-4+/t15-/m0/s1. The lowest BCUT2D eigenvalue weighted by Gasteiger charge is -2.35. The molecule has 0 fully saturated rings. The molecule has 1 atom stereocenters. The first kappa shape index (κ1) is 12.9. The Balaban J connectivity index is 2.20. The highest BCUT2D eigenvalue weighted by Crippen LogP contribution is 2.38. The van der Waals surface area contributed by atoms with Gasteiger partial charge in [-0.15, -0.1) is 0 Å². The summed E-state index contributed by atoms with van der Waals surface area (Å²) in [5.41, 5.74) is 1.47. The first-order valence-corrected chi connectivity index (χ1v) is 6.62. The lowest BCUT2D eigenvalue weighted by atomic mass is 9.75. The smallest absolute Gasteiger partial charge is 0.309 e. The van der Waals surface area contributed by atoms with Crippen LogP contribution in [-0.2, 0) is 21.5 Å². The number of hydrogen-bond donors (Lipinski definition) is 0. The Hall–Kier alpha value is -1.51. The summed E-state index contributed by atoms with van der Waals surface area (Å²) in [6.07, 6.45) is 10.1. The Kier molecular flexibility index (Phi) is 3.90. The van der Waals surface area contributed by atoms with E-state index in [1.807, 2.05) is 6.08 Å². The summed E-state index contributed by atoms with van der Waals surface area (Å²) < 4.78 is 6.99. The van der Waals surface area contributed by atoms with E-state index in [2.05, 4.69) is 40.6 Å². The first-order chi connectivity index (χ1) is 8.72. The number of rotatable bonds is 4. The van der Waals surface area contributed by atoms with Crippen LogP contribution in [-0.4, -0.2) is 17.6 Å². The Morgan fingerprint density at radius 3 is 3.17 bits per heavy atom. The maximum Gasteiger partial charge on any atom is 0.309 e. The van der Waals surface area contributed by atoms with Crippen LogP contribution in [0.3, 0.4) is 0 Å². The monoisotopic (exact) mass is 247 g/mol. The molecule has 0 aromatic carbocycles. The number of hydrogen-bond acceptors (Lipinski definition) is 2. The fourth-order valence-electron chi connectivity index (χ4n) is 2.86. The van der Waals surface area contributed by atoms with Crippen molar-refractivity contribution in [3.8, 4) is 0 Å². The number of carbonyl (C=O) groups excluding carboxylic acids is 1. The molecule has 98 valence electrons. The van der Waals surface area contributed by atoms with Crippen molar-refractivity contribution in [1.82, 2.24) is 4.57 Å². The Morgan fingerprint density at radius 1 is 1.61 bits per heavy atom. The maximum atomic E-state index is 11.2. The molecule has 3 heteroatoms. The molecule has 1 aliphatic heterocycles. The van der Waals surface area contributed by atoms with Gasteiger partial charge in [0.1, 0.15) is 0 Å². The zero-order chi connectivity index (χ0) is 13.0. The van der Waals surface area contributed by atoms with Crippen molar-refractivity contribution in [3.63, 3.8) is 0 Å². The van der Waals surface area contributed by atoms with Gasteiger partial charge in [-0.05, 0) is 31.4 Å². The SMILES string of the molecule is CC[C@]1(/C=C/CC(=O)OC)CCCn2cccc21. The van der Waals surface area contributed by atoms with E-state index < -0.39 is 0 Å². The van der Waals surface area contributed by atoms with Crippen LogP contribution in [0.1, 0.15) is 38.3 Å². The Labute approximate surface area is 108 Å². The van der Waals surface area contributed by atoms with E-state index in [1.165, 1.54) is 19.2 Å². The average molecular weight is 247 g/mol. The quantitative estimate of drug-likeness (QED) is 0.605. The molecule has 1 aromatic heterocycles. The first-order valence-electron chi connectivity index (χ1n) is 6.62.